The lowest BCUT2D eigenvalue weighted by Crippen LogP contribution is -2.16. The molecule has 1 aliphatic carbocycles. The van der Waals surface area contributed by atoms with E-state index >= 15 is 0 Å². The molecule has 0 N–H and O–H groups in total. The van der Waals surface area contributed by atoms with Crippen molar-refractivity contribution in [1.29, 1.82) is 0 Å². The van der Waals surface area contributed by atoms with Crippen LogP contribution < -0.4 is 4.84 Å². The molecule has 0 radical (unpaired) electrons. The molecule has 3 aromatic rings. The first-order chi connectivity index (χ1) is 14.8. The summed E-state index contributed by atoms with van der Waals surface area (Å²) in [5.74, 6) is -0.313. The molecule has 0 unspecified atom stereocenters. The van der Waals surface area contributed by atoms with E-state index in [1.54, 1.807) is 12.1 Å². The number of carbonyl (C=O) groups is 1. The Kier molecular flexibility index (Phi) is 5.02. The first-order valence-corrected chi connectivity index (χ1v) is 9.70. The Bertz CT molecular complexity index is 1220. The predicted octanol–water partition coefficient (Wildman–Crippen LogP) is 4.88. The Morgan fingerprint density at radius 3 is 2.23 bits per heavy atom. The number of oxime groups is 1. The van der Waals surface area contributed by atoms with Gasteiger partial charge in [-0.15, -0.1) is 10.1 Å². The average molecular weight is 416 g/mol. The van der Waals surface area contributed by atoms with Crippen molar-refractivity contribution in [1.82, 2.24) is 0 Å². The topological polar surface area (TPSA) is 91.0 Å². The zero-order valence-electron chi connectivity index (χ0n) is 17.3. The van der Waals surface area contributed by atoms with Gasteiger partial charge in [-0.2, -0.15) is 0 Å². The van der Waals surface area contributed by atoms with Crippen molar-refractivity contribution in [3.63, 3.8) is 0 Å². The molecule has 7 nitrogen and oxygen atoms in total. The lowest BCUT2D eigenvalue weighted by atomic mass is 9.81. The van der Waals surface area contributed by atoms with Gasteiger partial charge in [0.15, 0.2) is 0 Å². The molecule has 0 spiro atoms. The summed E-state index contributed by atoms with van der Waals surface area (Å²) >= 11 is 0. The van der Waals surface area contributed by atoms with Crippen LogP contribution in [0.4, 0.5) is 0 Å². The highest BCUT2D eigenvalue weighted by Gasteiger charge is 2.36. The number of hydrogen-bond acceptors (Lipinski definition) is 6. The van der Waals surface area contributed by atoms with E-state index in [9.17, 15) is 14.9 Å². The molecule has 1 aliphatic rings. The fraction of sp³-hybridized carbons (Fsp3) is 0.167. The van der Waals surface area contributed by atoms with E-state index in [2.05, 4.69) is 23.8 Å². The van der Waals surface area contributed by atoms with Crippen LogP contribution in [0.5, 0.6) is 5.75 Å². The quantitative estimate of drug-likeness (QED) is 0.256. The highest BCUT2D eigenvalue weighted by molar-refractivity contribution is 6.13. The van der Waals surface area contributed by atoms with Gasteiger partial charge in [-0.1, -0.05) is 67.5 Å². The zero-order valence-corrected chi connectivity index (χ0v) is 17.3. The number of nitrogens with zero attached hydrogens (tertiary/aromatic N) is 2. The minimum Gasteiger partial charge on any atom is -0.318 e. The largest absolute Gasteiger partial charge is 0.332 e. The maximum Gasteiger partial charge on any atom is 0.332 e. The normalized spacial score (nSPS) is 13.8. The molecule has 0 aliphatic heterocycles. The highest BCUT2D eigenvalue weighted by atomic mass is 17.0. The summed E-state index contributed by atoms with van der Waals surface area (Å²) < 4.78 is 0. The van der Waals surface area contributed by atoms with E-state index in [1.165, 1.54) is 6.92 Å². The minimum absolute atomic E-state index is 0.186. The summed E-state index contributed by atoms with van der Waals surface area (Å²) in [5.41, 5.74) is 5.77. The maximum atomic E-state index is 11.4. The van der Waals surface area contributed by atoms with Crippen LogP contribution in [0.1, 0.15) is 43.0 Å². The zero-order chi connectivity index (χ0) is 22.2. The Labute approximate surface area is 179 Å². The standard InChI is InChI=1S/C24H20N2O5/c1-15(27)30-25-23(16-7-5-4-6-8-16)17-9-11-19-20-12-10-18(31-26(28)29)14-22(20)24(2,3)21(19)13-17/h4-14H,1-3H3/b25-23+. The van der Waals surface area contributed by atoms with Gasteiger partial charge >= 0.3 is 5.97 Å². The van der Waals surface area contributed by atoms with E-state index in [1.807, 2.05) is 54.6 Å². The molecule has 0 fully saturated rings. The van der Waals surface area contributed by atoms with Crippen LogP contribution in [-0.4, -0.2) is 16.8 Å². The van der Waals surface area contributed by atoms with Crippen molar-refractivity contribution in [2.24, 2.45) is 5.16 Å². The molecule has 3 aromatic carbocycles. The summed E-state index contributed by atoms with van der Waals surface area (Å²) in [4.78, 5) is 31.7. The fourth-order valence-electron chi connectivity index (χ4n) is 3.98. The number of hydrogen-bond donors (Lipinski definition) is 0. The van der Waals surface area contributed by atoms with E-state index in [4.69, 9.17) is 4.84 Å². The monoisotopic (exact) mass is 416 g/mol. The van der Waals surface area contributed by atoms with Gasteiger partial charge in [0.25, 0.3) is 5.09 Å². The lowest BCUT2D eigenvalue weighted by molar-refractivity contribution is -0.711. The van der Waals surface area contributed by atoms with Crippen molar-refractivity contribution in [2.75, 3.05) is 0 Å². The van der Waals surface area contributed by atoms with Crippen molar-refractivity contribution in [2.45, 2.75) is 26.2 Å². The van der Waals surface area contributed by atoms with Gasteiger partial charge in [0.05, 0.1) is 0 Å². The van der Waals surface area contributed by atoms with Gasteiger partial charge in [-0.3, -0.25) is 4.84 Å². The SMILES string of the molecule is CC(=O)O/N=C(\c1ccccc1)c1ccc2c(c1)C(C)(C)c1cc(O[N+](=O)[O-])ccc1-2. The molecule has 0 saturated carbocycles. The number of fused-ring (bicyclic) bond motifs is 3. The fourth-order valence-corrected chi connectivity index (χ4v) is 3.98. The van der Waals surface area contributed by atoms with Crippen molar-refractivity contribution in [3.8, 4) is 16.9 Å². The van der Waals surface area contributed by atoms with Crippen LogP contribution >= 0.6 is 0 Å². The lowest BCUT2D eigenvalue weighted by Gasteiger charge is -2.22. The van der Waals surface area contributed by atoms with E-state index in [0.29, 0.717) is 5.71 Å². The third kappa shape index (κ3) is 3.77. The van der Waals surface area contributed by atoms with E-state index in [-0.39, 0.29) is 5.75 Å². The Morgan fingerprint density at radius 1 is 0.935 bits per heavy atom. The number of carbonyl (C=O) groups excluding carboxylic acids is 1. The minimum atomic E-state index is -0.813. The molecule has 0 saturated heterocycles. The van der Waals surface area contributed by atoms with Crippen LogP contribution in [0.3, 0.4) is 0 Å². The first kappa shape index (κ1) is 20.3. The van der Waals surface area contributed by atoms with Crippen LogP contribution in [0.25, 0.3) is 11.1 Å². The van der Waals surface area contributed by atoms with Gasteiger partial charge in [0.1, 0.15) is 11.5 Å². The summed E-state index contributed by atoms with van der Waals surface area (Å²) in [6.07, 6.45) is 0. The summed E-state index contributed by atoms with van der Waals surface area (Å²) in [6, 6.07) is 20.6. The second-order valence-electron chi connectivity index (χ2n) is 7.80. The second kappa shape index (κ2) is 7.68. The molecule has 0 aromatic heterocycles. The van der Waals surface area contributed by atoms with Gasteiger partial charge in [-0.05, 0) is 40.5 Å². The Balaban J connectivity index is 1.82. The molecule has 0 heterocycles. The predicted molar refractivity (Wildman–Crippen MR) is 115 cm³/mol. The molecule has 0 bridgehead atoms. The van der Waals surface area contributed by atoms with E-state index in [0.717, 1.165) is 33.4 Å². The van der Waals surface area contributed by atoms with Crippen LogP contribution in [0.15, 0.2) is 71.9 Å². The molecule has 4 rings (SSSR count). The number of benzene rings is 3. The van der Waals surface area contributed by atoms with Gasteiger partial charge < -0.3 is 4.84 Å². The van der Waals surface area contributed by atoms with E-state index < -0.39 is 16.5 Å². The third-order valence-electron chi connectivity index (χ3n) is 5.41. The highest BCUT2D eigenvalue weighted by Crippen LogP contribution is 2.50. The molecular formula is C24H20N2O5. The molecule has 156 valence electrons. The molecular weight excluding hydrogens is 396 g/mol. The third-order valence-corrected chi connectivity index (χ3v) is 5.41. The summed E-state index contributed by atoms with van der Waals surface area (Å²) in [5, 5.41) is 14.0. The van der Waals surface area contributed by atoms with Crippen LogP contribution in [-0.2, 0) is 15.0 Å². The molecule has 7 heteroatoms. The smallest absolute Gasteiger partial charge is 0.318 e. The summed E-state index contributed by atoms with van der Waals surface area (Å²) in [6.45, 7) is 5.42. The second-order valence-corrected chi connectivity index (χ2v) is 7.80. The van der Waals surface area contributed by atoms with Gasteiger partial charge in [0.2, 0.25) is 0 Å². The first-order valence-electron chi connectivity index (χ1n) is 9.70. The van der Waals surface area contributed by atoms with Crippen LogP contribution in [0, 0.1) is 10.1 Å². The van der Waals surface area contributed by atoms with Gasteiger partial charge in [0, 0.05) is 23.5 Å². The van der Waals surface area contributed by atoms with Crippen molar-refractivity contribution < 1.29 is 19.6 Å². The van der Waals surface area contributed by atoms with Gasteiger partial charge in [-0.25, -0.2) is 4.79 Å². The van der Waals surface area contributed by atoms with Crippen molar-refractivity contribution >= 4 is 11.7 Å². The Hall–Kier alpha value is -4.00. The molecule has 31 heavy (non-hydrogen) atoms. The Morgan fingerprint density at radius 2 is 1.58 bits per heavy atom. The van der Waals surface area contributed by atoms with Crippen molar-refractivity contribution in [3.05, 3.63) is 99.1 Å². The maximum absolute atomic E-state index is 11.4. The number of rotatable bonds is 5. The molecule has 0 amide bonds. The molecule has 0 atom stereocenters. The summed E-state index contributed by atoms with van der Waals surface area (Å²) in [7, 11) is 0. The average Bonchev–Trinajstić information content (AvgIpc) is 2.95. The van der Waals surface area contributed by atoms with Crippen LogP contribution in [0.2, 0.25) is 0 Å².